The average molecular weight is 265 g/mol. The summed E-state index contributed by atoms with van der Waals surface area (Å²) in [5.74, 6) is 2.93. The normalized spacial score (nSPS) is 26.7. The monoisotopic (exact) mass is 265 g/mol. The fourth-order valence-electron chi connectivity index (χ4n) is 2.41. The van der Waals surface area contributed by atoms with Crippen molar-refractivity contribution in [2.45, 2.75) is 31.1 Å². The standard InChI is InChI=1S/C14H19NO2S/c1-10-7-12(9-18-10)15-11-3-4-13-14(8-11)17-6-2-5-16-13/h3-4,8,10,12,15H,2,5-7,9H2,1H3. The molecule has 1 aromatic rings. The van der Waals surface area contributed by atoms with Gasteiger partial charge < -0.3 is 14.8 Å². The van der Waals surface area contributed by atoms with Crippen LogP contribution in [-0.4, -0.2) is 30.3 Å². The van der Waals surface area contributed by atoms with E-state index in [0.717, 1.165) is 42.1 Å². The molecule has 2 aliphatic rings. The van der Waals surface area contributed by atoms with Crippen molar-refractivity contribution >= 4 is 17.4 Å². The molecule has 0 spiro atoms. The maximum absolute atomic E-state index is 5.70. The Morgan fingerprint density at radius 3 is 2.83 bits per heavy atom. The Balaban J connectivity index is 1.71. The van der Waals surface area contributed by atoms with Gasteiger partial charge in [0.25, 0.3) is 0 Å². The molecule has 3 nitrogen and oxygen atoms in total. The Morgan fingerprint density at radius 1 is 1.22 bits per heavy atom. The molecule has 1 N–H and O–H groups in total. The van der Waals surface area contributed by atoms with Crippen LogP contribution in [0, 0.1) is 0 Å². The molecule has 4 heteroatoms. The van der Waals surface area contributed by atoms with Gasteiger partial charge in [-0.2, -0.15) is 11.8 Å². The van der Waals surface area contributed by atoms with Gasteiger partial charge >= 0.3 is 0 Å². The lowest BCUT2D eigenvalue weighted by atomic mass is 10.2. The zero-order chi connectivity index (χ0) is 12.4. The highest BCUT2D eigenvalue weighted by Crippen LogP contribution is 2.34. The van der Waals surface area contributed by atoms with Crippen molar-refractivity contribution in [1.82, 2.24) is 0 Å². The van der Waals surface area contributed by atoms with Crippen LogP contribution >= 0.6 is 11.8 Å². The smallest absolute Gasteiger partial charge is 0.163 e. The van der Waals surface area contributed by atoms with E-state index in [1.54, 1.807) is 0 Å². The second-order valence-corrected chi connectivity index (χ2v) is 6.40. The van der Waals surface area contributed by atoms with Crippen LogP contribution in [0.15, 0.2) is 18.2 Å². The molecule has 2 atom stereocenters. The molecule has 0 aliphatic carbocycles. The van der Waals surface area contributed by atoms with Crippen molar-refractivity contribution in [3.63, 3.8) is 0 Å². The summed E-state index contributed by atoms with van der Waals surface area (Å²) in [6.45, 7) is 3.78. The van der Waals surface area contributed by atoms with Crippen LogP contribution in [0.1, 0.15) is 19.8 Å². The van der Waals surface area contributed by atoms with Crippen LogP contribution in [0.2, 0.25) is 0 Å². The first-order valence-electron chi connectivity index (χ1n) is 6.59. The SMILES string of the molecule is CC1CC(Nc2ccc3c(c2)OCCCO3)CS1. The Morgan fingerprint density at radius 2 is 2.06 bits per heavy atom. The average Bonchev–Trinajstić information content (AvgIpc) is 2.64. The Bertz CT molecular complexity index is 424. The summed E-state index contributed by atoms with van der Waals surface area (Å²) in [6, 6.07) is 6.74. The molecule has 1 fully saturated rings. The molecule has 18 heavy (non-hydrogen) atoms. The van der Waals surface area contributed by atoms with E-state index in [-0.39, 0.29) is 0 Å². The number of thioether (sulfide) groups is 1. The van der Waals surface area contributed by atoms with Crippen molar-refractivity contribution < 1.29 is 9.47 Å². The van der Waals surface area contributed by atoms with Crippen LogP contribution in [0.5, 0.6) is 11.5 Å². The molecule has 2 unspecified atom stereocenters. The molecule has 98 valence electrons. The third-order valence-electron chi connectivity index (χ3n) is 3.32. The summed E-state index contributed by atoms with van der Waals surface area (Å²) in [4.78, 5) is 0. The van der Waals surface area contributed by atoms with E-state index in [1.165, 1.54) is 12.2 Å². The van der Waals surface area contributed by atoms with E-state index in [0.29, 0.717) is 6.04 Å². The van der Waals surface area contributed by atoms with Gasteiger partial charge in [-0.25, -0.2) is 0 Å². The molecule has 0 amide bonds. The maximum Gasteiger partial charge on any atom is 0.163 e. The highest BCUT2D eigenvalue weighted by molar-refractivity contribution is 8.00. The second kappa shape index (κ2) is 5.31. The topological polar surface area (TPSA) is 30.5 Å². The Kier molecular flexibility index (Phi) is 3.55. The molecule has 3 rings (SSSR count). The van der Waals surface area contributed by atoms with Crippen LogP contribution in [0.4, 0.5) is 5.69 Å². The number of nitrogens with one attached hydrogen (secondary N) is 1. The lowest BCUT2D eigenvalue weighted by Gasteiger charge is -2.15. The van der Waals surface area contributed by atoms with Gasteiger partial charge in [0.15, 0.2) is 11.5 Å². The molecule has 0 bridgehead atoms. The number of hydrogen-bond donors (Lipinski definition) is 1. The first kappa shape index (κ1) is 12.0. The fraction of sp³-hybridized carbons (Fsp3) is 0.571. The van der Waals surface area contributed by atoms with E-state index in [2.05, 4.69) is 24.4 Å². The second-order valence-electron chi connectivity index (χ2n) is 4.93. The van der Waals surface area contributed by atoms with E-state index in [4.69, 9.17) is 9.47 Å². The number of ether oxygens (including phenoxy) is 2. The van der Waals surface area contributed by atoms with Gasteiger partial charge in [0, 0.05) is 35.2 Å². The summed E-state index contributed by atoms with van der Waals surface area (Å²) < 4.78 is 11.3. The van der Waals surface area contributed by atoms with Crippen LogP contribution in [-0.2, 0) is 0 Å². The van der Waals surface area contributed by atoms with Gasteiger partial charge in [-0.3, -0.25) is 0 Å². The van der Waals surface area contributed by atoms with E-state index in [9.17, 15) is 0 Å². The first-order chi connectivity index (χ1) is 8.81. The molecule has 2 heterocycles. The Labute approximate surface area is 112 Å². The molecule has 1 aromatic carbocycles. The summed E-state index contributed by atoms with van der Waals surface area (Å²) in [6.07, 6.45) is 2.19. The first-order valence-corrected chi connectivity index (χ1v) is 7.64. The highest BCUT2D eigenvalue weighted by atomic mass is 32.2. The summed E-state index contributed by atoms with van der Waals surface area (Å²) in [7, 11) is 0. The molecule has 2 aliphatic heterocycles. The lowest BCUT2D eigenvalue weighted by Crippen LogP contribution is -2.18. The minimum atomic E-state index is 0.578. The van der Waals surface area contributed by atoms with Crippen molar-refractivity contribution in [3.05, 3.63) is 18.2 Å². The summed E-state index contributed by atoms with van der Waals surface area (Å²) in [5.41, 5.74) is 1.14. The third-order valence-corrected chi connectivity index (χ3v) is 4.67. The van der Waals surface area contributed by atoms with E-state index < -0.39 is 0 Å². The molecule has 0 saturated carbocycles. The number of fused-ring (bicyclic) bond motifs is 1. The van der Waals surface area contributed by atoms with Crippen molar-refractivity contribution in [2.75, 3.05) is 24.3 Å². The van der Waals surface area contributed by atoms with Crippen molar-refractivity contribution in [2.24, 2.45) is 0 Å². The maximum atomic E-state index is 5.70. The van der Waals surface area contributed by atoms with Gasteiger partial charge in [0.1, 0.15) is 0 Å². The molecular formula is C14H19NO2S. The minimum Gasteiger partial charge on any atom is -0.490 e. The quantitative estimate of drug-likeness (QED) is 0.890. The van der Waals surface area contributed by atoms with E-state index >= 15 is 0 Å². The van der Waals surface area contributed by atoms with Crippen LogP contribution in [0.3, 0.4) is 0 Å². The van der Waals surface area contributed by atoms with Crippen molar-refractivity contribution in [3.8, 4) is 11.5 Å². The van der Waals surface area contributed by atoms with Gasteiger partial charge in [0.05, 0.1) is 13.2 Å². The predicted octanol–water partition coefficient (Wildman–Crippen LogP) is 3.15. The Hall–Kier alpha value is -1.03. The van der Waals surface area contributed by atoms with Gasteiger partial charge in [-0.05, 0) is 18.6 Å². The van der Waals surface area contributed by atoms with Crippen LogP contribution in [0.25, 0.3) is 0 Å². The molecule has 1 saturated heterocycles. The number of benzene rings is 1. The van der Waals surface area contributed by atoms with Crippen LogP contribution < -0.4 is 14.8 Å². The van der Waals surface area contributed by atoms with Crippen molar-refractivity contribution in [1.29, 1.82) is 0 Å². The lowest BCUT2D eigenvalue weighted by molar-refractivity contribution is 0.297. The van der Waals surface area contributed by atoms with Gasteiger partial charge in [-0.1, -0.05) is 6.92 Å². The van der Waals surface area contributed by atoms with Gasteiger partial charge in [-0.15, -0.1) is 0 Å². The highest BCUT2D eigenvalue weighted by Gasteiger charge is 2.22. The zero-order valence-electron chi connectivity index (χ0n) is 10.6. The molecule has 0 radical (unpaired) electrons. The van der Waals surface area contributed by atoms with E-state index in [1.807, 2.05) is 17.8 Å². The zero-order valence-corrected chi connectivity index (χ0v) is 11.5. The minimum absolute atomic E-state index is 0.578. The summed E-state index contributed by atoms with van der Waals surface area (Å²) in [5, 5.41) is 4.35. The number of hydrogen-bond acceptors (Lipinski definition) is 4. The van der Waals surface area contributed by atoms with Gasteiger partial charge in [0.2, 0.25) is 0 Å². The fourth-order valence-corrected chi connectivity index (χ4v) is 3.56. The predicted molar refractivity (Wildman–Crippen MR) is 76.0 cm³/mol. The number of anilines is 1. The number of rotatable bonds is 2. The third kappa shape index (κ3) is 2.69. The summed E-state index contributed by atoms with van der Waals surface area (Å²) >= 11 is 2.04. The molecular weight excluding hydrogens is 246 g/mol. The largest absolute Gasteiger partial charge is 0.490 e. The molecule has 0 aromatic heterocycles.